The van der Waals surface area contributed by atoms with Gasteiger partial charge >= 0.3 is 0 Å². The first-order chi connectivity index (χ1) is 7.40. The normalized spacial score (nSPS) is 11.9. The molecule has 16 heavy (non-hydrogen) atoms. The van der Waals surface area contributed by atoms with Crippen LogP contribution in [0.1, 0.15) is 23.6 Å². The van der Waals surface area contributed by atoms with Crippen LogP contribution in [0.25, 0.3) is 5.70 Å². The lowest BCUT2D eigenvalue weighted by atomic mass is 9.98. The molecule has 0 aliphatic heterocycles. The fourth-order valence-electron chi connectivity index (χ4n) is 1.64. The molecule has 1 rings (SSSR count). The van der Waals surface area contributed by atoms with Gasteiger partial charge in [0.2, 0.25) is 0 Å². The highest BCUT2D eigenvalue weighted by Crippen LogP contribution is 2.25. The average molecular weight is 233 g/mol. The second kappa shape index (κ2) is 4.55. The maximum atomic E-state index is 8.85. The van der Waals surface area contributed by atoms with Crippen molar-refractivity contribution in [3.63, 3.8) is 0 Å². The van der Waals surface area contributed by atoms with Gasteiger partial charge in [0.1, 0.15) is 0 Å². The Kier molecular flexibility index (Phi) is 3.57. The Morgan fingerprint density at radius 1 is 1.44 bits per heavy atom. The summed E-state index contributed by atoms with van der Waals surface area (Å²) in [4.78, 5) is 0. The molecule has 0 amide bonds. The fourth-order valence-corrected chi connectivity index (χ4v) is 2.26. The molecule has 0 spiro atoms. The van der Waals surface area contributed by atoms with E-state index in [0.717, 1.165) is 27.7 Å². The van der Waals surface area contributed by atoms with Gasteiger partial charge in [-0.05, 0) is 43.3 Å². The standard InChI is InChI=1S/C12H16N3P/c1-6-4-9(16)10(8(3)11(6)14)12(15)7(2)5-13/h4H,14-16H2,1-3H3/b12-7+. The first kappa shape index (κ1) is 12.5. The highest BCUT2D eigenvalue weighted by atomic mass is 31.0. The van der Waals surface area contributed by atoms with E-state index >= 15 is 0 Å². The van der Waals surface area contributed by atoms with Crippen molar-refractivity contribution >= 4 is 25.9 Å². The quantitative estimate of drug-likeness (QED) is 0.439. The summed E-state index contributed by atoms with van der Waals surface area (Å²) in [6.45, 7) is 5.58. The predicted octanol–water partition coefficient (Wildman–Crippen LogP) is 1.60. The maximum absolute atomic E-state index is 8.85. The van der Waals surface area contributed by atoms with Crippen molar-refractivity contribution in [3.8, 4) is 6.07 Å². The van der Waals surface area contributed by atoms with Gasteiger partial charge in [0.25, 0.3) is 0 Å². The Bertz CT molecular complexity index is 510. The number of nitriles is 1. The molecule has 0 aliphatic carbocycles. The molecule has 84 valence electrons. The second-order valence-electron chi connectivity index (χ2n) is 3.85. The Labute approximate surface area is 98.3 Å². The summed E-state index contributed by atoms with van der Waals surface area (Å²) < 4.78 is 0. The van der Waals surface area contributed by atoms with E-state index < -0.39 is 0 Å². The Morgan fingerprint density at radius 3 is 2.50 bits per heavy atom. The minimum Gasteiger partial charge on any atom is -0.398 e. The second-order valence-corrected chi connectivity index (χ2v) is 4.47. The molecule has 0 bridgehead atoms. The Morgan fingerprint density at radius 2 is 2.00 bits per heavy atom. The van der Waals surface area contributed by atoms with Crippen LogP contribution in [-0.4, -0.2) is 0 Å². The molecule has 0 aliphatic rings. The van der Waals surface area contributed by atoms with Crippen LogP contribution in [0.2, 0.25) is 0 Å². The van der Waals surface area contributed by atoms with Crippen LogP contribution < -0.4 is 16.8 Å². The molecule has 0 heterocycles. The number of rotatable bonds is 1. The lowest BCUT2D eigenvalue weighted by molar-refractivity contribution is 1.34. The summed E-state index contributed by atoms with van der Waals surface area (Å²) in [5, 5.41) is 9.82. The number of anilines is 1. The van der Waals surface area contributed by atoms with Crippen molar-refractivity contribution in [2.45, 2.75) is 20.8 Å². The van der Waals surface area contributed by atoms with Gasteiger partial charge in [0, 0.05) is 16.8 Å². The van der Waals surface area contributed by atoms with E-state index in [1.54, 1.807) is 6.92 Å². The van der Waals surface area contributed by atoms with Gasteiger partial charge < -0.3 is 11.5 Å². The lowest BCUT2D eigenvalue weighted by Gasteiger charge is -2.15. The molecule has 3 nitrogen and oxygen atoms in total. The van der Waals surface area contributed by atoms with Crippen LogP contribution in [-0.2, 0) is 0 Å². The van der Waals surface area contributed by atoms with Crippen LogP contribution in [0, 0.1) is 25.2 Å². The van der Waals surface area contributed by atoms with Gasteiger partial charge in [0.05, 0.1) is 11.8 Å². The summed E-state index contributed by atoms with van der Waals surface area (Å²) in [7, 11) is 2.63. The van der Waals surface area contributed by atoms with Crippen LogP contribution in [0.4, 0.5) is 5.69 Å². The number of nitrogens with zero attached hydrogens (tertiary/aromatic N) is 1. The first-order valence-electron chi connectivity index (χ1n) is 4.92. The summed E-state index contributed by atoms with van der Waals surface area (Å²) in [6.07, 6.45) is 0. The summed E-state index contributed by atoms with van der Waals surface area (Å²) in [5.74, 6) is 0. The van der Waals surface area contributed by atoms with Gasteiger partial charge in [0.15, 0.2) is 0 Å². The van der Waals surface area contributed by atoms with Crippen molar-refractivity contribution in [3.05, 3.63) is 28.3 Å². The van der Waals surface area contributed by atoms with E-state index in [-0.39, 0.29) is 0 Å². The Balaban J connectivity index is 3.60. The van der Waals surface area contributed by atoms with Gasteiger partial charge in [-0.15, -0.1) is 9.24 Å². The van der Waals surface area contributed by atoms with Gasteiger partial charge in [-0.3, -0.25) is 0 Å². The molecule has 0 aromatic heterocycles. The van der Waals surface area contributed by atoms with E-state index in [9.17, 15) is 0 Å². The van der Waals surface area contributed by atoms with Crippen LogP contribution in [0.15, 0.2) is 11.6 Å². The zero-order chi connectivity index (χ0) is 12.5. The van der Waals surface area contributed by atoms with Crippen LogP contribution >= 0.6 is 9.24 Å². The summed E-state index contributed by atoms with van der Waals surface area (Å²) in [5.41, 5.74) is 16.5. The van der Waals surface area contributed by atoms with E-state index in [1.165, 1.54) is 0 Å². The summed E-state index contributed by atoms with van der Waals surface area (Å²) >= 11 is 0. The number of nitrogens with two attached hydrogens (primary N) is 2. The molecule has 4 heteroatoms. The molecule has 1 unspecified atom stereocenters. The molecule has 4 N–H and O–H groups in total. The topological polar surface area (TPSA) is 75.8 Å². The number of hydrogen-bond donors (Lipinski definition) is 2. The molecule has 0 saturated heterocycles. The molecular weight excluding hydrogens is 217 g/mol. The Hall–Kier alpha value is -1.52. The van der Waals surface area contributed by atoms with Crippen molar-refractivity contribution in [1.82, 2.24) is 0 Å². The summed E-state index contributed by atoms with van der Waals surface area (Å²) in [6, 6.07) is 4.01. The number of nitrogen functional groups attached to an aromatic ring is 1. The zero-order valence-corrected chi connectivity index (χ0v) is 10.9. The van der Waals surface area contributed by atoms with Gasteiger partial charge in [-0.2, -0.15) is 5.26 Å². The molecule has 0 fully saturated rings. The van der Waals surface area contributed by atoms with Crippen molar-refractivity contribution in [2.75, 3.05) is 5.73 Å². The third-order valence-corrected chi connectivity index (χ3v) is 3.16. The predicted molar refractivity (Wildman–Crippen MR) is 72.1 cm³/mol. The average Bonchev–Trinajstić information content (AvgIpc) is 2.24. The van der Waals surface area contributed by atoms with E-state index in [1.807, 2.05) is 19.9 Å². The van der Waals surface area contributed by atoms with E-state index in [4.69, 9.17) is 16.7 Å². The number of aryl methyl sites for hydroxylation is 1. The minimum atomic E-state index is 0.497. The van der Waals surface area contributed by atoms with Gasteiger partial charge in [-0.25, -0.2) is 0 Å². The molecule has 0 radical (unpaired) electrons. The zero-order valence-electron chi connectivity index (χ0n) is 9.76. The van der Waals surface area contributed by atoms with Crippen LogP contribution in [0.3, 0.4) is 0 Å². The molecular formula is C12H16N3P. The van der Waals surface area contributed by atoms with Crippen LogP contribution in [0.5, 0.6) is 0 Å². The first-order valence-corrected chi connectivity index (χ1v) is 5.49. The number of hydrogen-bond acceptors (Lipinski definition) is 3. The monoisotopic (exact) mass is 233 g/mol. The van der Waals surface area contributed by atoms with Gasteiger partial charge in [-0.1, -0.05) is 0 Å². The van der Waals surface area contributed by atoms with E-state index in [2.05, 4.69) is 15.3 Å². The number of benzene rings is 1. The van der Waals surface area contributed by atoms with Crippen molar-refractivity contribution in [1.29, 1.82) is 5.26 Å². The SMILES string of the molecule is C/C(C#N)=C(\N)c1c(P)cc(C)c(N)c1C. The molecule has 1 aromatic carbocycles. The smallest absolute Gasteiger partial charge is 0.0965 e. The molecule has 0 saturated carbocycles. The van der Waals surface area contributed by atoms with Crippen molar-refractivity contribution in [2.24, 2.45) is 5.73 Å². The third kappa shape index (κ3) is 2.03. The van der Waals surface area contributed by atoms with Crippen molar-refractivity contribution < 1.29 is 0 Å². The third-order valence-electron chi connectivity index (χ3n) is 2.71. The minimum absolute atomic E-state index is 0.497. The highest BCUT2D eigenvalue weighted by Gasteiger charge is 2.12. The molecule has 1 atom stereocenters. The lowest BCUT2D eigenvalue weighted by Crippen LogP contribution is -2.13. The largest absolute Gasteiger partial charge is 0.398 e. The highest BCUT2D eigenvalue weighted by molar-refractivity contribution is 7.27. The fraction of sp³-hybridized carbons (Fsp3) is 0.250. The maximum Gasteiger partial charge on any atom is 0.0965 e. The molecule has 1 aromatic rings. The van der Waals surface area contributed by atoms with E-state index in [0.29, 0.717) is 11.3 Å². The number of allylic oxidation sites excluding steroid dienone is 1.